The molecule has 0 spiro atoms. The van der Waals surface area contributed by atoms with Gasteiger partial charge < -0.3 is 19.5 Å². The number of ether oxygens (including phenoxy) is 1. The van der Waals surface area contributed by atoms with E-state index in [2.05, 4.69) is 10.3 Å². The van der Waals surface area contributed by atoms with Crippen LogP contribution in [0.3, 0.4) is 0 Å². The summed E-state index contributed by atoms with van der Waals surface area (Å²) in [6.07, 6.45) is 1.48. The van der Waals surface area contributed by atoms with Crippen LogP contribution >= 0.6 is 0 Å². The minimum atomic E-state index is -3.81. The highest BCUT2D eigenvalue weighted by Gasteiger charge is 2.26. The maximum Gasteiger partial charge on any atom is 0.318 e. The summed E-state index contributed by atoms with van der Waals surface area (Å²) in [7, 11) is -2.28. The van der Waals surface area contributed by atoms with Gasteiger partial charge in [-0.3, -0.25) is 0 Å². The smallest absolute Gasteiger partial charge is 0.318 e. The number of rotatable bonds is 10. The summed E-state index contributed by atoms with van der Waals surface area (Å²) in [5, 5.41) is 2.76. The van der Waals surface area contributed by atoms with Crippen molar-refractivity contribution in [3.8, 4) is 0 Å². The van der Waals surface area contributed by atoms with Crippen LogP contribution < -0.4 is 5.32 Å². The minimum absolute atomic E-state index is 0.0289. The second-order valence-corrected chi connectivity index (χ2v) is 9.77. The van der Waals surface area contributed by atoms with E-state index >= 15 is 0 Å². The van der Waals surface area contributed by atoms with Gasteiger partial charge in [-0.1, -0.05) is 12.1 Å². The van der Waals surface area contributed by atoms with Gasteiger partial charge in [-0.25, -0.2) is 22.6 Å². The molecule has 8 nitrogen and oxygen atoms in total. The number of benzene rings is 1. The van der Waals surface area contributed by atoms with Crippen LogP contribution in [-0.2, 0) is 33.4 Å². The number of nitrogens with zero attached hydrogens (tertiary/aromatic N) is 3. The monoisotopic (exact) mass is 454 g/mol. The maximum absolute atomic E-state index is 13.2. The lowest BCUT2D eigenvalue weighted by Gasteiger charge is -2.28. The lowest BCUT2D eigenvalue weighted by Crippen LogP contribution is -2.46. The predicted molar refractivity (Wildman–Crippen MR) is 116 cm³/mol. The molecule has 0 saturated heterocycles. The Labute approximate surface area is 183 Å². The van der Waals surface area contributed by atoms with Crippen LogP contribution in [0.25, 0.3) is 0 Å². The van der Waals surface area contributed by atoms with Crippen molar-refractivity contribution in [1.82, 2.24) is 19.8 Å². The third-order valence-electron chi connectivity index (χ3n) is 4.60. The van der Waals surface area contributed by atoms with Gasteiger partial charge in [0.05, 0.1) is 30.8 Å². The Kier molecular flexibility index (Phi) is 8.58. The average Bonchev–Trinajstić information content (AvgIpc) is 3.08. The van der Waals surface area contributed by atoms with Crippen molar-refractivity contribution < 1.29 is 22.3 Å². The molecule has 0 aliphatic rings. The van der Waals surface area contributed by atoms with E-state index in [9.17, 15) is 17.6 Å². The zero-order valence-corrected chi connectivity index (χ0v) is 19.4. The summed E-state index contributed by atoms with van der Waals surface area (Å²) in [4.78, 5) is 18.4. The number of nitrogens with one attached hydrogen (secondary N) is 1. The first-order valence-electron chi connectivity index (χ1n) is 10.1. The number of hydrogen-bond acceptors (Lipinski definition) is 5. The van der Waals surface area contributed by atoms with Gasteiger partial charge in [0.2, 0.25) is 15.0 Å². The van der Waals surface area contributed by atoms with Gasteiger partial charge in [-0.2, -0.15) is 0 Å². The molecule has 0 saturated carbocycles. The Hall–Kier alpha value is -2.46. The average molecular weight is 455 g/mol. The van der Waals surface area contributed by atoms with Gasteiger partial charge in [0.15, 0.2) is 0 Å². The Morgan fingerprint density at radius 3 is 2.42 bits per heavy atom. The fourth-order valence-corrected chi connectivity index (χ4v) is 4.56. The standard InChI is InChI=1S/C21H31FN4O4S/c1-15(2)24-20(27)26(16(3)4)13-19-12-23-21(25(19)10-11-30-5)31(28,29)14-17-6-8-18(22)9-7-17/h6-9,12,15-16H,10-11,13-14H2,1-5H3,(H,24,27). The van der Waals surface area contributed by atoms with Gasteiger partial charge in [0, 0.05) is 25.7 Å². The van der Waals surface area contributed by atoms with E-state index < -0.39 is 15.7 Å². The van der Waals surface area contributed by atoms with Crippen LogP contribution in [0.1, 0.15) is 39.0 Å². The molecule has 2 aromatic rings. The number of carbonyl (C=O) groups excluding carboxylic acids is 1. The largest absolute Gasteiger partial charge is 0.383 e. The van der Waals surface area contributed by atoms with Gasteiger partial charge in [0.1, 0.15) is 5.82 Å². The molecule has 1 heterocycles. The van der Waals surface area contributed by atoms with Crippen LogP contribution in [0.5, 0.6) is 0 Å². The SMILES string of the molecule is COCCn1c(CN(C(=O)NC(C)C)C(C)C)cnc1S(=O)(=O)Cc1ccc(F)cc1. The van der Waals surface area contributed by atoms with Crippen LogP contribution in [0.4, 0.5) is 9.18 Å². The number of amides is 2. The summed E-state index contributed by atoms with van der Waals surface area (Å²) in [6.45, 7) is 8.27. The third kappa shape index (κ3) is 6.76. The predicted octanol–water partition coefficient (Wildman–Crippen LogP) is 2.97. The van der Waals surface area contributed by atoms with E-state index in [1.54, 1.807) is 9.47 Å². The van der Waals surface area contributed by atoms with E-state index in [0.29, 0.717) is 11.3 Å². The van der Waals surface area contributed by atoms with Crippen LogP contribution in [0.2, 0.25) is 0 Å². The number of sulfone groups is 1. The van der Waals surface area contributed by atoms with E-state index in [0.717, 1.165) is 0 Å². The molecular weight excluding hydrogens is 423 g/mol. The zero-order valence-electron chi connectivity index (χ0n) is 18.6. The highest BCUT2D eigenvalue weighted by atomic mass is 32.2. The fourth-order valence-electron chi connectivity index (χ4n) is 3.05. The fraction of sp³-hybridized carbons (Fsp3) is 0.524. The quantitative estimate of drug-likeness (QED) is 0.596. The third-order valence-corrected chi connectivity index (χ3v) is 6.19. The Morgan fingerprint density at radius 1 is 1.23 bits per heavy atom. The number of hydrogen-bond donors (Lipinski definition) is 1. The molecule has 0 radical (unpaired) electrons. The summed E-state index contributed by atoms with van der Waals surface area (Å²) >= 11 is 0. The van der Waals surface area contributed by atoms with Crippen molar-refractivity contribution in [2.24, 2.45) is 0 Å². The first-order valence-corrected chi connectivity index (χ1v) is 11.8. The highest BCUT2D eigenvalue weighted by molar-refractivity contribution is 7.90. The first kappa shape index (κ1) is 24.8. The van der Waals surface area contributed by atoms with Gasteiger partial charge >= 0.3 is 6.03 Å². The Bertz CT molecular complexity index is 972. The lowest BCUT2D eigenvalue weighted by atomic mass is 10.2. The van der Waals surface area contributed by atoms with Crippen molar-refractivity contribution in [3.05, 3.63) is 47.5 Å². The second-order valence-electron chi connectivity index (χ2n) is 7.89. The molecule has 1 aromatic carbocycles. The molecule has 1 N–H and O–H groups in total. The lowest BCUT2D eigenvalue weighted by molar-refractivity contribution is 0.170. The Balaban J connectivity index is 2.37. The molecule has 0 aliphatic carbocycles. The summed E-state index contributed by atoms with van der Waals surface area (Å²) in [5.41, 5.74) is 1.05. The summed E-state index contributed by atoms with van der Waals surface area (Å²) < 4.78 is 46.0. The van der Waals surface area contributed by atoms with Crippen LogP contribution in [-0.4, -0.2) is 54.7 Å². The second kappa shape index (κ2) is 10.7. The molecule has 10 heteroatoms. The molecule has 1 aromatic heterocycles. The first-order chi connectivity index (χ1) is 14.5. The topological polar surface area (TPSA) is 93.5 Å². The molecule has 2 amide bonds. The van der Waals surface area contributed by atoms with E-state index in [1.165, 1.54) is 37.6 Å². The molecule has 172 valence electrons. The number of aromatic nitrogens is 2. The van der Waals surface area contributed by atoms with Crippen LogP contribution in [0, 0.1) is 5.82 Å². The summed E-state index contributed by atoms with van der Waals surface area (Å²) in [6, 6.07) is 4.95. The molecule has 0 bridgehead atoms. The van der Waals surface area contributed by atoms with Crippen molar-refractivity contribution in [2.75, 3.05) is 13.7 Å². The van der Waals surface area contributed by atoms with E-state index in [4.69, 9.17) is 4.74 Å². The number of imidazole rings is 1. The molecule has 31 heavy (non-hydrogen) atoms. The highest BCUT2D eigenvalue weighted by Crippen LogP contribution is 2.20. The normalized spacial score (nSPS) is 11.9. The van der Waals surface area contributed by atoms with Crippen molar-refractivity contribution >= 4 is 15.9 Å². The number of halogens is 1. The Morgan fingerprint density at radius 2 is 1.87 bits per heavy atom. The molecule has 0 fully saturated rings. The number of urea groups is 1. The molecule has 2 rings (SSSR count). The zero-order chi connectivity index (χ0) is 23.2. The van der Waals surface area contributed by atoms with Crippen molar-refractivity contribution in [3.63, 3.8) is 0 Å². The molecule has 0 unspecified atom stereocenters. The van der Waals surface area contributed by atoms with Gasteiger partial charge in [-0.05, 0) is 45.4 Å². The van der Waals surface area contributed by atoms with Crippen LogP contribution in [0.15, 0.2) is 35.6 Å². The molecular formula is C21H31FN4O4S. The van der Waals surface area contributed by atoms with Gasteiger partial charge in [-0.15, -0.1) is 0 Å². The van der Waals surface area contributed by atoms with E-state index in [1.807, 2.05) is 27.7 Å². The number of carbonyl (C=O) groups is 1. The molecule has 0 aliphatic heterocycles. The number of methoxy groups -OCH3 is 1. The summed E-state index contributed by atoms with van der Waals surface area (Å²) in [5.74, 6) is -0.739. The van der Waals surface area contributed by atoms with Crippen molar-refractivity contribution in [2.45, 2.75) is 63.8 Å². The van der Waals surface area contributed by atoms with Crippen molar-refractivity contribution in [1.29, 1.82) is 0 Å². The minimum Gasteiger partial charge on any atom is -0.383 e. The molecule has 0 atom stereocenters. The van der Waals surface area contributed by atoms with Gasteiger partial charge in [0.25, 0.3) is 0 Å². The van der Waals surface area contributed by atoms with E-state index in [-0.39, 0.29) is 48.7 Å². The maximum atomic E-state index is 13.2.